The van der Waals surface area contributed by atoms with Crippen molar-refractivity contribution in [2.24, 2.45) is 0 Å². The average Bonchev–Trinajstić information content (AvgIpc) is 2.69. The van der Waals surface area contributed by atoms with Crippen molar-refractivity contribution >= 4 is 18.4 Å². The van der Waals surface area contributed by atoms with E-state index in [0.717, 1.165) is 31.7 Å². The number of halogens is 1. The topological polar surface area (TPSA) is 34.6 Å². The molecule has 4 nitrogen and oxygen atoms in total. The van der Waals surface area contributed by atoms with E-state index in [4.69, 9.17) is 9.31 Å². The van der Waals surface area contributed by atoms with Crippen LogP contribution in [-0.2, 0) is 9.31 Å². The summed E-state index contributed by atoms with van der Waals surface area (Å²) in [5.74, 6) is 0.435. The number of piperidine rings is 1. The van der Waals surface area contributed by atoms with Gasteiger partial charge in [0.15, 0.2) is 0 Å². The molecule has 0 unspecified atom stereocenters. The highest BCUT2D eigenvalue weighted by Crippen LogP contribution is 2.36. The zero-order chi connectivity index (χ0) is 16.0. The first-order chi connectivity index (χ1) is 10.3. The molecule has 3 rings (SSSR count). The molecule has 0 aromatic carbocycles. The summed E-state index contributed by atoms with van der Waals surface area (Å²) in [5.41, 5.74) is -0.508. The Kier molecular flexibility index (Phi) is 3.93. The quantitative estimate of drug-likeness (QED) is 0.786. The predicted octanol–water partition coefficient (Wildman–Crippen LogP) is 2.51. The van der Waals surface area contributed by atoms with E-state index < -0.39 is 18.3 Å². The summed E-state index contributed by atoms with van der Waals surface area (Å²) in [7, 11) is -0.684. The molecule has 6 heteroatoms. The summed E-state index contributed by atoms with van der Waals surface area (Å²) < 4.78 is 26.2. The largest absolute Gasteiger partial charge is 0.498 e. The van der Waals surface area contributed by atoms with Crippen LogP contribution in [0, 0.1) is 5.82 Å². The van der Waals surface area contributed by atoms with E-state index in [9.17, 15) is 4.39 Å². The number of aromatic nitrogens is 1. The molecule has 0 aliphatic carbocycles. The van der Waals surface area contributed by atoms with Crippen LogP contribution in [0.1, 0.15) is 47.0 Å². The fraction of sp³-hybridized carbons (Fsp3) is 0.688. The smallest absolute Gasteiger partial charge is 0.399 e. The van der Waals surface area contributed by atoms with Crippen LogP contribution < -0.4 is 10.4 Å². The molecular weight excluding hydrogens is 282 g/mol. The Morgan fingerprint density at radius 3 is 2.27 bits per heavy atom. The minimum Gasteiger partial charge on any atom is -0.399 e. The van der Waals surface area contributed by atoms with E-state index in [0.29, 0.717) is 5.46 Å². The summed E-state index contributed by atoms with van der Waals surface area (Å²) in [6.07, 6.45) is 4.85. The van der Waals surface area contributed by atoms with Crippen molar-refractivity contribution < 1.29 is 13.7 Å². The van der Waals surface area contributed by atoms with Gasteiger partial charge in [-0.2, -0.15) is 0 Å². The molecule has 1 aromatic heterocycles. The molecule has 0 radical (unpaired) electrons. The first-order valence-corrected chi connectivity index (χ1v) is 8.06. The molecule has 0 saturated carbocycles. The van der Waals surface area contributed by atoms with Gasteiger partial charge in [0.25, 0.3) is 0 Å². The first-order valence-electron chi connectivity index (χ1n) is 8.06. The van der Waals surface area contributed by atoms with E-state index in [1.807, 2.05) is 27.7 Å². The average molecular weight is 306 g/mol. The van der Waals surface area contributed by atoms with Gasteiger partial charge in [-0.25, -0.2) is 9.37 Å². The van der Waals surface area contributed by atoms with Crippen LogP contribution in [-0.4, -0.2) is 36.4 Å². The van der Waals surface area contributed by atoms with Crippen LogP contribution in [0.2, 0.25) is 0 Å². The first kappa shape index (κ1) is 15.7. The van der Waals surface area contributed by atoms with Gasteiger partial charge in [0, 0.05) is 18.6 Å². The number of hydrogen-bond donors (Lipinski definition) is 0. The van der Waals surface area contributed by atoms with Crippen molar-refractivity contribution in [1.82, 2.24) is 4.98 Å². The van der Waals surface area contributed by atoms with Gasteiger partial charge in [-0.1, -0.05) is 0 Å². The van der Waals surface area contributed by atoms with Gasteiger partial charge >= 0.3 is 7.12 Å². The molecule has 0 N–H and O–H groups in total. The molecular formula is C16H24BFN2O2. The zero-order valence-electron chi connectivity index (χ0n) is 13.9. The van der Waals surface area contributed by atoms with Crippen LogP contribution >= 0.6 is 0 Å². The Morgan fingerprint density at radius 1 is 1.09 bits per heavy atom. The lowest BCUT2D eigenvalue weighted by Gasteiger charge is -2.32. The second-order valence-electron chi connectivity index (χ2n) is 7.20. The van der Waals surface area contributed by atoms with Gasteiger partial charge in [-0.05, 0) is 53.0 Å². The maximum absolute atomic E-state index is 14.3. The van der Waals surface area contributed by atoms with E-state index in [-0.39, 0.29) is 5.82 Å². The maximum atomic E-state index is 14.3. The highest BCUT2D eigenvalue weighted by Gasteiger charge is 2.52. The zero-order valence-corrected chi connectivity index (χ0v) is 13.9. The Labute approximate surface area is 132 Å². The van der Waals surface area contributed by atoms with E-state index in [1.165, 1.54) is 12.6 Å². The van der Waals surface area contributed by atoms with Crippen LogP contribution in [0.15, 0.2) is 12.3 Å². The molecule has 120 valence electrons. The lowest BCUT2D eigenvalue weighted by Crippen LogP contribution is -2.41. The third kappa shape index (κ3) is 2.74. The van der Waals surface area contributed by atoms with Gasteiger partial charge in [0.2, 0.25) is 0 Å². The lowest BCUT2D eigenvalue weighted by molar-refractivity contribution is 0.00578. The van der Waals surface area contributed by atoms with Gasteiger partial charge in [0.1, 0.15) is 11.6 Å². The third-order valence-corrected chi connectivity index (χ3v) is 5.06. The SMILES string of the molecule is CC1(C)OB(c2cc(N3CCCCC3)ncc2F)OC1(C)C. The summed E-state index contributed by atoms with van der Waals surface area (Å²) in [4.78, 5) is 6.45. The van der Waals surface area contributed by atoms with Crippen LogP contribution in [0.25, 0.3) is 0 Å². The summed E-state index contributed by atoms with van der Waals surface area (Å²) in [6, 6.07) is 1.78. The second kappa shape index (κ2) is 5.50. The molecule has 0 bridgehead atoms. The second-order valence-corrected chi connectivity index (χ2v) is 7.20. The van der Waals surface area contributed by atoms with E-state index >= 15 is 0 Å². The number of anilines is 1. The number of rotatable bonds is 2. The highest BCUT2D eigenvalue weighted by molar-refractivity contribution is 6.62. The molecule has 3 heterocycles. The molecule has 2 aliphatic heterocycles. The molecule has 0 spiro atoms. The van der Waals surface area contributed by atoms with Gasteiger partial charge in [-0.15, -0.1) is 0 Å². The lowest BCUT2D eigenvalue weighted by atomic mass is 9.79. The minimum atomic E-state index is -0.684. The molecule has 22 heavy (non-hydrogen) atoms. The Bertz CT molecular complexity index is 543. The predicted molar refractivity (Wildman–Crippen MR) is 86.0 cm³/mol. The van der Waals surface area contributed by atoms with Crippen LogP contribution in [0.4, 0.5) is 10.2 Å². The van der Waals surface area contributed by atoms with Crippen LogP contribution in [0.5, 0.6) is 0 Å². The standard InChI is InChI=1S/C16H24BFN2O2/c1-15(2)16(3,4)22-17(21-15)12-10-14(19-11-13(12)18)20-8-6-5-7-9-20/h10-11H,5-9H2,1-4H3. The minimum absolute atomic E-state index is 0.376. The molecule has 2 aliphatic rings. The van der Waals surface area contributed by atoms with Crippen molar-refractivity contribution in [3.8, 4) is 0 Å². The maximum Gasteiger partial charge on any atom is 0.498 e. The Hall–Kier alpha value is -1.14. The summed E-state index contributed by atoms with van der Waals surface area (Å²) in [5, 5.41) is 0. The molecule has 2 saturated heterocycles. The van der Waals surface area contributed by atoms with Crippen molar-refractivity contribution in [3.63, 3.8) is 0 Å². The normalized spacial score (nSPS) is 23.9. The molecule has 2 fully saturated rings. The summed E-state index contributed by atoms with van der Waals surface area (Å²) >= 11 is 0. The number of nitrogens with zero attached hydrogens (tertiary/aromatic N) is 2. The molecule has 1 aromatic rings. The van der Waals surface area contributed by atoms with Gasteiger partial charge in [-0.3, -0.25) is 0 Å². The number of pyridine rings is 1. The number of hydrogen-bond acceptors (Lipinski definition) is 4. The third-order valence-electron chi connectivity index (χ3n) is 5.06. The summed E-state index contributed by atoms with van der Waals surface area (Å²) in [6.45, 7) is 9.83. The van der Waals surface area contributed by atoms with Crippen molar-refractivity contribution in [3.05, 3.63) is 18.1 Å². The Balaban J connectivity index is 1.88. The fourth-order valence-corrected chi connectivity index (χ4v) is 2.89. The fourth-order valence-electron chi connectivity index (χ4n) is 2.89. The van der Waals surface area contributed by atoms with Crippen LogP contribution in [0.3, 0.4) is 0 Å². The molecule has 0 amide bonds. The van der Waals surface area contributed by atoms with Crippen molar-refractivity contribution in [1.29, 1.82) is 0 Å². The van der Waals surface area contributed by atoms with Crippen molar-refractivity contribution in [2.45, 2.75) is 58.2 Å². The van der Waals surface area contributed by atoms with E-state index in [1.54, 1.807) is 6.07 Å². The van der Waals surface area contributed by atoms with Crippen molar-refractivity contribution in [2.75, 3.05) is 18.0 Å². The molecule has 0 atom stereocenters. The van der Waals surface area contributed by atoms with Gasteiger partial charge < -0.3 is 14.2 Å². The van der Waals surface area contributed by atoms with E-state index in [2.05, 4.69) is 9.88 Å². The Morgan fingerprint density at radius 2 is 1.68 bits per heavy atom. The highest BCUT2D eigenvalue weighted by atomic mass is 19.1. The monoisotopic (exact) mass is 306 g/mol. The van der Waals surface area contributed by atoms with Gasteiger partial charge in [0.05, 0.1) is 17.4 Å².